The number of carbonyl (C=O) groups excluding carboxylic acids is 1. The highest BCUT2D eigenvalue weighted by molar-refractivity contribution is 6.31. The SMILES string of the molecule is CNC(=O)CN=C(c1ccccc1)c1cccc(Cl)c1. The summed E-state index contributed by atoms with van der Waals surface area (Å²) in [5.74, 6) is -0.125. The molecular weight excluding hydrogens is 272 g/mol. The number of amides is 1. The molecule has 0 fully saturated rings. The molecule has 0 aliphatic carbocycles. The third kappa shape index (κ3) is 3.68. The average molecular weight is 287 g/mol. The van der Waals surface area contributed by atoms with Crippen LogP contribution in [0, 0.1) is 0 Å². The topological polar surface area (TPSA) is 41.5 Å². The monoisotopic (exact) mass is 286 g/mol. The highest BCUT2D eigenvalue weighted by Crippen LogP contribution is 2.16. The van der Waals surface area contributed by atoms with Gasteiger partial charge in [-0.05, 0) is 12.1 Å². The van der Waals surface area contributed by atoms with E-state index in [-0.39, 0.29) is 12.5 Å². The molecule has 0 spiro atoms. The van der Waals surface area contributed by atoms with Crippen molar-refractivity contribution in [3.05, 3.63) is 70.7 Å². The number of likely N-dealkylation sites (N-methyl/N-ethyl adjacent to an activating group) is 1. The van der Waals surface area contributed by atoms with Gasteiger partial charge >= 0.3 is 0 Å². The van der Waals surface area contributed by atoms with Gasteiger partial charge in [-0.25, -0.2) is 0 Å². The Balaban J connectivity index is 2.42. The van der Waals surface area contributed by atoms with E-state index < -0.39 is 0 Å². The predicted molar refractivity (Wildman–Crippen MR) is 82.5 cm³/mol. The molecule has 0 saturated carbocycles. The Bertz CT molecular complexity index is 623. The first kappa shape index (κ1) is 14.3. The lowest BCUT2D eigenvalue weighted by molar-refractivity contribution is -0.119. The minimum Gasteiger partial charge on any atom is -0.358 e. The molecule has 0 aliphatic heterocycles. The Kier molecular flexibility index (Phi) is 4.91. The van der Waals surface area contributed by atoms with Crippen LogP contribution in [-0.2, 0) is 4.79 Å². The van der Waals surface area contributed by atoms with E-state index in [1.54, 1.807) is 7.05 Å². The van der Waals surface area contributed by atoms with Crippen molar-refractivity contribution in [3.8, 4) is 0 Å². The van der Waals surface area contributed by atoms with E-state index in [4.69, 9.17) is 11.6 Å². The molecular formula is C16H15ClN2O. The van der Waals surface area contributed by atoms with Gasteiger partial charge in [0.25, 0.3) is 0 Å². The lowest BCUT2D eigenvalue weighted by Gasteiger charge is -2.08. The molecule has 4 heteroatoms. The van der Waals surface area contributed by atoms with Crippen molar-refractivity contribution < 1.29 is 4.79 Å². The summed E-state index contributed by atoms with van der Waals surface area (Å²) < 4.78 is 0. The van der Waals surface area contributed by atoms with E-state index in [1.165, 1.54) is 0 Å². The van der Waals surface area contributed by atoms with Gasteiger partial charge in [0.15, 0.2) is 0 Å². The third-order valence-electron chi connectivity index (χ3n) is 2.80. The molecule has 102 valence electrons. The fourth-order valence-electron chi connectivity index (χ4n) is 1.81. The Morgan fingerprint density at radius 3 is 2.45 bits per heavy atom. The van der Waals surface area contributed by atoms with Gasteiger partial charge in [0, 0.05) is 23.2 Å². The summed E-state index contributed by atoms with van der Waals surface area (Å²) in [6.07, 6.45) is 0. The van der Waals surface area contributed by atoms with Gasteiger partial charge in [-0.15, -0.1) is 0 Å². The molecule has 2 aromatic carbocycles. The summed E-state index contributed by atoms with van der Waals surface area (Å²) in [7, 11) is 1.60. The summed E-state index contributed by atoms with van der Waals surface area (Å²) in [6, 6.07) is 17.2. The molecule has 20 heavy (non-hydrogen) atoms. The summed E-state index contributed by atoms with van der Waals surface area (Å²) >= 11 is 6.03. The quantitative estimate of drug-likeness (QED) is 0.863. The van der Waals surface area contributed by atoms with E-state index in [9.17, 15) is 4.79 Å². The smallest absolute Gasteiger partial charge is 0.241 e. The fourth-order valence-corrected chi connectivity index (χ4v) is 2.00. The molecule has 3 nitrogen and oxygen atoms in total. The van der Waals surface area contributed by atoms with Crippen molar-refractivity contribution in [2.45, 2.75) is 0 Å². The van der Waals surface area contributed by atoms with Crippen LogP contribution in [0.15, 0.2) is 59.6 Å². The molecule has 2 rings (SSSR count). The Hall–Kier alpha value is -2.13. The highest BCUT2D eigenvalue weighted by Gasteiger charge is 2.08. The highest BCUT2D eigenvalue weighted by atomic mass is 35.5. The maximum absolute atomic E-state index is 11.4. The van der Waals surface area contributed by atoms with Crippen molar-refractivity contribution in [1.82, 2.24) is 5.32 Å². The van der Waals surface area contributed by atoms with Crippen LogP contribution < -0.4 is 5.32 Å². The maximum atomic E-state index is 11.4. The Morgan fingerprint density at radius 2 is 1.80 bits per heavy atom. The molecule has 0 atom stereocenters. The number of nitrogens with one attached hydrogen (secondary N) is 1. The molecule has 0 aromatic heterocycles. The van der Waals surface area contributed by atoms with Crippen molar-refractivity contribution in [1.29, 1.82) is 0 Å². The zero-order valence-electron chi connectivity index (χ0n) is 11.1. The second kappa shape index (κ2) is 6.87. The van der Waals surface area contributed by atoms with Gasteiger partial charge in [-0.2, -0.15) is 0 Å². The van der Waals surface area contributed by atoms with Crippen molar-refractivity contribution in [3.63, 3.8) is 0 Å². The number of halogens is 1. The van der Waals surface area contributed by atoms with Crippen molar-refractivity contribution in [2.75, 3.05) is 13.6 Å². The van der Waals surface area contributed by atoms with Crippen molar-refractivity contribution in [2.24, 2.45) is 4.99 Å². The fraction of sp³-hybridized carbons (Fsp3) is 0.125. The Labute approximate surface area is 123 Å². The number of hydrogen-bond donors (Lipinski definition) is 1. The van der Waals surface area contributed by atoms with Gasteiger partial charge in [-0.3, -0.25) is 9.79 Å². The van der Waals surface area contributed by atoms with Gasteiger partial charge < -0.3 is 5.32 Å². The molecule has 0 saturated heterocycles. The van der Waals surface area contributed by atoms with E-state index in [0.29, 0.717) is 5.02 Å². The van der Waals surface area contributed by atoms with E-state index in [1.807, 2.05) is 54.6 Å². The van der Waals surface area contributed by atoms with Crippen LogP contribution in [0.2, 0.25) is 5.02 Å². The van der Waals surface area contributed by atoms with Gasteiger partial charge in [0.1, 0.15) is 6.54 Å². The van der Waals surface area contributed by atoms with Crippen LogP contribution in [0.1, 0.15) is 11.1 Å². The predicted octanol–water partition coefficient (Wildman–Crippen LogP) is 2.92. The lowest BCUT2D eigenvalue weighted by Crippen LogP contribution is -2.21. The molecule has 1 amide bonds. The van der Waals surface area contributed by atoms with Gasteiger partial charge in [-0.1, -0.05) is 54.1 Å². The largest absolute Gasteiger partial charge is 0.358 e. The average Bonchev–Trinajstić information content (AvgIpc) is 2.48. The summed E-state index contributed by atoms with van der Waals surface area (Å²) in [6.45, 7) is 0.0905. The molecule has 0 bridgehead atoms. The number of hydrogen-bond acceptors (Lipinski definition) is 2. The minimum atomic E-state index is -0.125. The summed E-state index contributed by atoms with van der Waals surface area (Å²) in [5.41, 5.74) is 2.61. The van der Waals surface area contributed by atoms with Crippen LogP contribution in [0.4, 0.5) is 0 Å². The summed E-state index contributed by atoms with van der Waals surface area (Å²) in [5, 5.41) is 3.21. The minimum absolute atomic E-state index is 0.0905. The lowest BCUT2D eigenvalue weighted by atomic mass is 10.0. The number of carbonyl (C=O) groups is 1. The van der Waals surface area contributed by atoms with E-state index >= 15 is 0 Å². The van der Waals surface area contributed by atoms with E-state index in [2.05, 4.69) is 10.3 Å². The first-order valence-electron chi connectivity index (χ1n) is 6.27. The first-order valence-corrected chi connectivity index (χ1v) is 6.65. The van der Waals surface area contributed by atoms with Crippen LogP contribution in [0.25, 0.3) is 0 Å². The van der Waals surface area contributed by atoms with Gasteiger partial charge in [0.05, 0.1) is 5.71 Å². The zero-order chi connectivity index (χ0) is 14.4. The first-order chi connectivity index (χ1) is 9.70. The third-order valence-corrected chi connectivity index (χ3v) is 3.04. The van der Waals surface area contributed by atoms with Crippen LogP contribution >= 0.6 is 11.6 Å². The molecule has 0 radical (unpaired) electrons. The zero-order valence-corrected chi connectivity index (χ0v) is 11.9. The second-order valence-electron chi connectivity index (χ2n) is 4.21. The number of rotatable bonds is 4. The molecule has 0 heterocycles. The molecule has 2 aromatic rings. The Morgan fingerprint density at radius 1 is 1.10 bits per heavy atom. The maximum Gasteiger partial charge on any atom is 0.241 e. The number of aliphatic imine (C=N–C) groups is 1. The normalized spacial score (nSPS) is 11.2. The molecule has 0 unspecified atom stereocenters. The van der Waals surface area contributed by atoms with Gasteiger partial charge in [0.2, 0.25) is 5.91 Å². The standard InChI is InChI=1S/C16H15ClN2O/c1-18-15(20)11-19-16(12-6-3-2-4-7-12)13-8-5-9-14(17)10-13/h2-10H,11H2,1H3,(H,18,20). The van der Waals surface area contributed by atoms with Crippen LogP contribution in [0.5, 0.6) is 0 Å². The van der Waals surface area contributed by atoms with E-state index in [0.717, 1.165) is 16.8 Å². The second-order valence-corrected chi connectivity index (χ2v) is 4.65. The van der Waals surface area contributed by atoms with Crippen LogP contribution in [-0.4, -0.2) is 25.2 Å². The van der Waals surface area contributed by atoms with Crippen molar-refractivity contribution >= 4 is 23.2 Å². The summed E-state index contributed by atoms with van der Waals surface area (Å²) in [4.78, 5) is 15.8. The number of nitrogens with zero attached hydrogens (tertiary/aromatic N) is 1. The number of benzene rings is 2. The molecule has 0 aliphatic rings. The molecule has 1 N–H and O–H groups in total. The van der Waals surface area contributed by atoms with Crippen LogP contribution in [0.3, 0.4) is 0 Å².